The third kappa shape index (κ3) is 6.76. The van der Waals surface area contributed by atoms with Crippen molar-refractivity contribution in [3.63, 3.8) is 0 Å². The topological polar surface area (TPSA) is 61.4 Å². The molecule has 2 aromatic carbocycles. The van der Waals surface area contributed by atoms with E-state index >= 15 is 0 Å². The van der Waals surface area contributed by atoms with E-state index in [0.717, 1.165) is 23.2 Å². The second-order valence-electron chi connectivity index (χ2n) is 6.81. The molecule has 5 nitrogen and oxygen atoms in total. The number of nitrogens with zero attached hydrogens (tertiary/aromatic N) is 1. The van der Waals surface area contributed by atoms with Gasteiger partial charge in [0.25, 0.3) is 0 Å². The maximum atomic E-state index is 12.5. The van der Waals surface area contributed by atoms with Crippen molar-refractivity contribution >= 4 is 29.0 Å². The molecule has 3 amide bonds. The molecule has 0 saturated heterocycles. The predicted molar refractivity (Wildman–Crippen MR) is 118 cm³/mol. The molecule has 0 aliphatic rings. The third-order valence-corrected chi connectivity index (χ3v) is 5.34. The summed E-state index contributed by atoms with van der Waals surface area (Å²) in [7, 11) is 0. The van der Waals surface area contributed by atoms with E-state index in [0.29, 0.717) is 13.1 Å². The van der Waals surface area contributed by atoms with E-state index in [1.807, 2.05) is 83.9 Å². The van der Waals surface area contributed by atoms with Gasteiger partial charge in [0, 0.05) is 23.7 Å². The van der Waals surface area contributed by atoms with Crippen molar-refractivity contribution in [3.8, 4) is 0 Å². The number of carbonyl (C=O) groups excluding carboxylic acids is 2. The lowest BCUT2D eigenvalue weighted by Gasteiger charge is -2.24. The van der Waals surface area contributed by atoms with Crippen molar-refractivity contribution in [2.45, 2.75) is 19.9 Å². The van der Waals surface area contributed by atoms with Gasteiger partial charge in [0.2, 0.25) is 5.91 Å². The van der Waals surface area contributed by atoms with Crippen LogP contribution in [0.15, 0.2) is 72.1 Å². The molecule has 150 valence electrons. The zero-order valence-electron chi connectivity index (χ0n) is 16.4. The van der Waals surface area contributed by atoms with E-state index in [1.54, 1.807) is 11.3 Å². The Bertz CT molecular complexity index is 926. The fourth-order valence-electron chi connectivity index (χ4n) is 3.00. The molecule has 0 aliphatic heterocycles. The number of carbonyl (C=O) groups is 2. The Morgan fingerprint density at radius 1 is 1.00 bits per heavy atom. The number of anilines is 1. The maximum Gasteiger partial charge on any atom is 0.321 e. The van der Waals surface area contributed by atoms with E-state index < -0.39 is 6.03 Å². The molecule has 0 saturated carbocycles. The molecule has 2 N–H and O–H groups in total. The Morgan fingerprint density at radius 3 is 2.55 bits per heavy atom. The normalized spacial score (nSPS) is 10.4. The van der Waals surface area contributed by atoms with Gasteiger partial charge in [-0.05, 0) is 48.1 Å². The Balaban J connectivity index is 1.57. The van der Waals surface area contributed by atoms with Crippen molar-refractivity contribution in [1.82, 2.24) is 10.6 Å². The van der Waals surface area contributed by atoms with Crippen molar-refractivity contribution in [3.05, 3.63) is 88.1 Å². The zero-order valence-corrected chi connectivity index (χ0v) is 17.2. The molecular formula is C23H25N3O2S. The van der Waals surface area contributed by atoms with Crippen molar-refractivity contribution in [2.75, 3.05) is 18.0 Å². The van der Waals surface area contributed by atoms with Gasteiger partial charge in [-0.2, -0.15) is 0 Å². The lowest BCUT2D eigenvalue weighted by atomic mass is 10.1. The lowest BCUT2D eigenvalue weighted by Crippen LogP contribution is -2.45. The van der Waals surface area contributed by atoms with Gasteiger partial charge in [-0.15, -0.1) is 11.3 Å². The summed E-state index contributed by atoms with van der Waals surface area (Å²) in [5.41, 5.74) is 3.16. The molecule has 0 atom stereocenters. The van der Waals surface area contributed by atoms with Crippen LogP contribution < -0.4 is 15.5 Å². The standard InChI is InChI=1S/C23H25N3O2S/c1-18-7-5-10-20(15-18)26(16-19-8-3-2-4-9-19)17-22(27)25-23(28)24-13-12-21-11-6-14-29-21/h2-11,14-15H,12-13,16-17H2,1H3,(H2,24,25,27,28). The molecule has 0 unspecified atom stereocenters. The number of hydrogen-bond donors (Lipinski definition) is 2. The highest BCUT2D eigenvalue weighted by Gasteiger charge is 2.15. The first-order chi connectivity index (χ1) is 14.1. The summed E-state index contributed by atoms with van der Waals surface area (Å²) in [6.45, 7) is 3.19. The Kier molecular flexibility index (Phi) is 7.41. The molecular weight excluding hydrogens is 382 g/mol. The van der Waals surface area contributed by atoms with Crippen LogP contribution >= 0.6 is 11.3 Å². The smallest absolute Gasteiger partial charge is 0.321 e. The highest BCUT2D eigenvalue weighted by atomic mass is 32.1. The molecule has 3 rings (SSSR count). The van der Waals surface area contributed by atoms with Gasteiger partial charge in [-0.25, -0.2) is 4.79 Å². The number of hydrogen-bond acceptors (Lipinski definition) is 4. The minimum absolute atomic E-state index is 0.0939. The summed E-state index contributed by atoms with van der Waals surface area (Å²) in [6.07, 6.45) is 0.753. The summed E-state index contributed by atoms with van der Waals surface area (Å²) < 4.78 is 0. The highest BCUT2D eigenvalue weighted by Crippen LogP contribution is 2.18. The third-order valence-electron chi connectivity index (χ3n) is 4.41. The second kappa shape index (κ2) is 10.4. The van der Waals surface area contributed by atoms with E-state index in [9.17, 15) is 9.59 Å². The first-order valence-corrected chi connectivity index (χ1v) is 10.4. The van der Waals surface area contributed by atoms with Crippen LogP contribution in [-0.4, -0.2) is 25.0 Å². The minimum atomic E-state index is -0.463. The molecule has 6 heteroatoms. The number of amides is 3. The van der Waals surface area contributed by atoms with Crippen LogP contribution in [0, 0.1) is 6.92 Å². The Labute approximate surface area is 175 Å². The molecule has 29 heavy (non-hydrogen) atoms. The summed E-state index contributed by atoms with van der Waals surface area (Å²) in [6, 6.07) is 21.5. The van der Waals surface area contributed by atoms with Crippen LogP contribution in [0.5, 0.6) is 0 Å². The fraction of sp³-hybridized carbons (Fsp3) is 0.217. The predicted octanol–water partition coefficient (Wildman–Crippen LogP) is 4.13. The van der Waals surface area contributed by atoms with Crippen molar-refractivity contribution in [1.29, 1.82) is 0 Å². The molecule has 3 aromatic rings. The van der Waals surface area contributed by atoms with Crippen LogP contribution in [0.2, 0.25) is 0 Å². The number of thiophene rings is 1. The number of imide groups is 1. The van der Waals surface area contributed by atoms with E-state index in [4.69, 9.17) is 0 Å². The Hall–Kier alpha value is -3.12. The summed E-state index contributed by atoms with van der Waals surface area (Å²) in [5, 5.41) is 7.18. The summed E-state index contributed by atoms with van der Waals surface area (Å²) in [4.78, 5) is 27.7. The van der Waals surface area contributed by atoms with Gasteiger partial charge in [0.1, 0.15) is 0 Å². The summed E-state index contributed by atoms with van der Waals surface area (Å²) in [5.74, 6) is -0.337. The van der Waals surface area contributed by atoms with Gasteiger partial charge in [0.05, 0.1) is 6.54 Å². The van der Waals surface area contributed by atoms with Crippen LogP contribution in [0.4, 0.5) is 10.5 Å². The molecule has 0 aliphatic carbocycles. The average molecular weight is 408 g/mol. The van der Waals surface area contributed by atoms with Crippen molar-refractivity contribution in [2.24, 2.45) is 0 Å². The van der Waals surface area contributed by atoms with Crippen LogP contribution in [-0.2, 0) is 17.8 Å². The fourth-order valence-corrected chi connectivity index (χ4v) is 3.71. The van der Waals surface area contributed by atoms with Gasteiger partial charge in [0.15, 0.2) is 0 Å². The number of nitrogens with one attached hydrogen (secondary N) is 2. The van der Waals surface area contributed by atoms with E-state index in [-0.39, 0.29) is 12.5 Å². The van der Waals surface area contributed by atoms with Gasteiger partial charge in [-0.1, -0.05) is 48.5 Å². The minimum Gasteiger partial charge on any atom is -0.358 e. The van der Waals surface area contributed by atoms with Gasteiger partial charge < -0.3 is 10.2 Å². The number of rotatable bonds is 8. The quantitative estimate of drug-likeness (QED) is 0.590. The largest absolute Gasteiger partial charge is 0.358 e. The lowest BCUT2D eigenvalue weighted by molar-refractivity contribution is -0.118. The monoisotopic (exact) mass is 407 g/mol. The number of urea groups is 1. The van der Waals surface area contributed by atoms with Crippen LogP contribution in [0.3, 0.4) is 0 Å². The van der Waals surface area contributed by atoms with E-state index in [1.165, 1.54) is 4.88 Å². The molecule has 0 bridgehead atoms. The number of benzene rings is 2. The van der Waals surface area contributed by atoms with Crippen LogP contribution in [0.1, 0.15) is 16.0 Å². The van der Waals surface area contributed by atoms with Gasteiger partial charge in [-0.3, -0.25) is 10.1 Å². The first kappa shape index (κ1) is 20.6. The average Bonchev–Trinajstić information content (AvgIpc) is 3.22. The SMILES string of the molecule is Cc1cccc(N(CC(=O)NC(=O)NCCc2cccs2)Cc2ccccc2)c1. The molecule has 1 heterocycles. The van der Waals surface area contributed by atoms with Crippen LogP contribution in [0.25, 0.3) is 0 Å². The Morgan fingerprint density at radius 2 is 1.83 bits per heavy atom. The molecule has 1 aromatic heterocycles. The van der Waals surface area contributed by atoms with Crippen molar-refractivity contribution < 1.29 is 9.59 Å². The first-order valence-electron chi connectivity index (χ1n) is 9.56. The summed E-state index contributed by atoms with van der Waals surface area (Å²) >= 11 is 1.65. The second-order valence-corrected chi connectivity index (χ2v) is 7.85. The molecule has 0 radical (unpaired) electrons. The highest BCUT2D eigenvalue weighted by molar-refractivity contribution is 7.09. The zero-order chi connectivity index (χ0) is 20.5. The maximum absolute atomic E-state index is 12.5. The molecule has 0 fully saturated rings. The van der Waals surface area contributed by atoms with E-state index in [2.05, 4.69) is 10.6 Å². The molecule has 0 spiro atoms. The van der Waals surface area contributed by atoms with Gasteiger partial charge >= 0.3 is 6.03 Å². The number of aryl methyl sites for hydroxylation is 1.